The van der Waals surface area contributed by atoms with Gasteiger partial charge in [0.05, 0.1) is 11.3 Å². The molecule has 1 fully saturated rings. The summed E-state index contributed by atoms with van der Waals surface area (Å²) < 4.78 is 13.4. The molecular weight excluding hydrogens is 323 g/mol. The Morgan fingerprint density at radius 1 is 1.44 bits per heavy atom. The second-order valence-corrected chi connectivity index (χ2v) is 5.87. The molecule has 2 amide bonds. The number of hydrogen-bond donors (Lipinski definition) is 1. The van der Waals surface area contributed by atoms with Crippen molar-refractivity contribution in [3.05, 3.63) is 53.9 Å². The highest BCUT2D eigenvalue weighted by molar-refractivity contribution is 6.03. The highest BCUT2D eigenvalue weighted by Gasteiger charge is 2.31. The predicted octanol–water partition coefficient (Wildman–Crippen LogP) is 2.10. The summed E-state index contributed by atoms with van der Waals surface area (Å²) in [5, 5.41) is 2.77. The molecule has 1 aromatic carbocycles. The van der Waals surface area contributed by atoms with Gasteiger partial charge < -0.3 is 10.2 Å². The molecule has 2 aromatic rings. The van der Waals surface area contributed by atoms with Gasteiger partial charge in [0.25, 0.3) is 5.91 Å². The monoisotopic (exact) mass is 342 g/mol. The van der Waals surface area contributed by atoms with E-state index in [0.717, 1.165) is 6.42 Å². The van der Waals surface area contributed by atoms with Crippen LogP contribution in [0, 0.1) is 5.82 Å². The maximum atomic E-state index is 13.4. The molecular formula is C18H19FN4O2. The molecule has 0 saturated carbocycles. The van der Waals surface area contributed by atoms with Crippen LogP contribution in [0.3, 0.4) is 0 Å². The average molecular weight is 342 g/mol. The van der Waals surface area contributed by atoms with Crippen LogP contribution in [0.2, 0.25) is 0 Å². The summed E-state index contributed by atoms with van der Waals surface area (Å²) >= 11 is 0. The van der Waals surface area contributed by atoms with E-state index in [1.165, 1.54) is 29.6 Å². The lowest BCUT2D eigenvalue weighted by Crippen LogP contribution is -2.52. The van der Waals surface area contributed by atoms with Crippen molar-refractivity contribution in [3.63, 3.8) is 0 Å². The summed E-state index contributed by atoms with van der Waals surface area (Å²) in [6, 6.07) is 5.26. The van der Waals surface area contributed by atoms with Gasteiger partial charge in [-0.25, -0.2) is 14.4 Å². The largest absolute Gasteiger partial charge is 0.340 e. The summed E-state index contributed by atoms with van der Waals surface area (Å²) in [5.74, 6) is -0.998. The molecule has 0 bridgehead atoms. The minimum atomic E-state index is -0.644. The fourth-order valence-electron chi connectivity index (χ4n) is 2.97. The number of anilines is 1. The number of piperidine rings is 1. The Hall–Kier alpha value is -2.83. The zero-order valence-corrected chi connectivity index (χ0v) is 13.9. The number of benzene rings is 1. The third-order valence-electron chi connectivity index (χ3n) is 4.24. The summed E-state index contributed by atoms with van der Waals surface area (Å²) in [6.45, 7) is 2.40. The maximum Gasteiger partial charge on any atom is 0.255 e. The van der Waals surface area contributed by atoms with Crippen LogP contribution in [0.5, 0.6) is 0 Å². The first-order chi connectivity index (χ1) is 12.1. The van der Waals surface area contributed by atoms with E-state index >= 15 is 0 Å². The Labute approximate surface area is 145 Å². The van der Waals surface area contributed by atoms with Crippen molar-refractivity contribution in [3.8, 4) is 0 Å². The van der Waals surface area contributed by atoms with Gasteiger partial charge >= 0.3 is 0 Å². The lowest BCUT2D eigenvalue weighted by molar-refractivity contribution is -0.121. The van der Waals surface area contributed by atoms with Gasteiger partial charge in [0.2, 0.25) is 5.91 Å². The van der Waals surface area contributed by atoms with Crippen LogP contribution in [0.25, 0.3) is 0 Å². The molecule has 7 heteroatoms. The van der Waals surface area contributed by atoms with Crippen LogP contribution in [0.15, 0.2) is 36.8 Å². The van der Waals surface area contributed by atoms with E-state index < -0.39 is 11.9 Å². The van der Waals surface area contributed by atoms with E-state index in [2.05, 4.69) is 15.3 Å². The number of nitrogens with zero attached hydrogens (tertiary/aromatic N) is 3. The number of carbonyl (C=O) groups excluding carboxylic acids is 2. The molecule has 1 saturated heterocycles. The molecule has 1 N–H and O–H groups in total. The minimum absolute atomic E-state index is 0.236. The molecule has 0 aliphatic carbocycles. The Balaban J connectivity index is 1.76. The van der Waals surface area contributed by atoms with E-state index in [0.29, 0.717) is 36.3 Å². The summed E-state index contributed by atoms with van der Waals surface area (Å²) in [6.07, 6.45) is 4.72. The van der Waals surface area contributed by atoms with Crippen molar-refractivity contribution < 1.29 is 14.0 Å². The number of halogens is 1. The highest BCUT2D eigenvalue weighted by Crippen LogP contribution is 2.22. The number of aromatic nitrogens is 2. The van der Waals surface area contributed by atoms with Crippen LogP contribution < -0.4 is 10.2 Å². The molecule has 1 aliphatic heterocycles. The van der Waals surface area contributed by atoms with E-state index in [1.807, 2.05) is 6.92 Å². The quantitative estimate of drug-likeness (QED) is 0.923. The Morgan fingerprint density at radius 3 is 3.04 bits per heavy atom. The molecule has 1 unspecified atom stereocenters. The summed E-state index contributed by atoms with van der Waals surface area (Å²) in [4.78, 5) is 34.7. The van der Waals surface area contributed by atoms with Gasteiger partial charge in [-0.15, -0.1) is 0 Å². The number of nitrogens with one attached hydrogen (secondary N) is 1. The van der Waals surface area contributed by atoms with E-state index in [1.54, 1.807) is 12.1 Å². The lowest BCUT2D eigenvalue weighted by atomic mass is 10.0. The second kappa shape index (κ2) is 7.38. The van der Waals surface area contributed by atoms with Crippen LogP contribution in [0.1, 0.15) is 35.8 Å². The molecule has 2 heterocycles. The van der Waals surface area contributed by atoms with Gasteiger partial charge in [-0.3, -0.25) is 9.59 Å². The number of amides is 2. The zero-order valence-electron chi connectivity index (χ0n) is 13.9. The number of carbonyl (C=O) groups is 2. The van der Waals surface area contributed by atoms with Crippen molar-refractivity contribution in [1.82, 2.24) is 15.3 Å². The standard InChI is InChI=1S/C18H19FN4O2/c1-2-15-14(10-20-11-21-15)17(24)22-16-7-4-8-23(18(16)25)13-6-3-5-12(19)9-13/h3,5-6,9-11,16H,2,4,7-8H2,1H3,(H,22,24). The number of hydrogen-bond acceptors (Lipinski definition) is 4. The molecule has 1 aliphatic rings. The molecule has 3 rings (SSSR count). The van der Waals surface area contributed by atoms with Gasteiger partial charge in [-0.05, 0) is 37.5 Å². The molecule has 0 radical (unpaired) electrons. The normalized spacial score (nSPS) is 17.4. The zero-order chi connectivity index (χ0) is 17.8. The van der Waals surface area contributed by atoms with Gasteiger partial charge in [0.15, 0.2) is 0 Å². The predicted molar refractivity (Wildman–Crippen MR) is 90.7 cm³/mol. The van der Waals surface area contributed by atoms with Gasteiger partial charge in [-0.1, -0.05) is 13.0 Å². The third-order valence-corrected chi connectivity index (χ3v) is 4.24. The summed E-state index contributed by atoms with van der Waals surface area (Å²) in [5.41, 5.74) is 1.51. The second-order valence-electron chi connectivity index (χ2n) is 5.87. The van der Waals surface area contributed by atoms with Crippen LogP contribution in [-0.2, 0) is 11.2 Å². The molecule has 130 valence electrons. The van der Waals surface area contributed by atoms with Crippen molar-refractivity contribution in [1.29, 1.82) is 0 Å². The molecule has 1 atom stereocenters. The van der Waals surface area contributed by atoms with Crippen LogP contribution in [-0.4, -0.2) is 34.4 Å². The SMILES string of the molecule is CCc1ncncc1C(=O)NC1CCCN(c2cccc(F)c2)C1=O. The smallest absolute Gasteiger partial charge is 0.255 e. The van der Waals surface area contributed by atoms with Gasteiger partial charge in [0, 0.05) is 18.4 Å². The Kier molecular flexibility index (Phi) is 5.02. The topological polar surface area (TPSA) is 75.2 Å². The lowest BCUT2D eigenvalue weighted by Gasteiger charge is -2.32. The molecule has 25 heavy (non-hydrogen) atoms. The first-order valence-electron chi connectivity index (χ1n) is 8.27. The Bertz CT molecular complexity index is 796. The van der Waals surface area contributed by atoms with Crippen molar-refractivity contribution in [2.45, 2.75) is 32.2 Å². The number of rotatable bonds is 4. The van der Waals surface area contributed by atoms with E-state index in [-0.39, 0.29) is 11.8 Å². The highest BCUT2D eigenvalue weighted by atomic mass is 19.1. The van der Waals surface area contributed by atoms with Crippen molar-refractivity contribution >= 4 is 17.5 Å². The van der Waals surface area contributed by atoms with E-state index in [9.17, 15) is 14.0 Å². The van der Waals surface area contributed by atoms with Crippen LogP contribution in [0.4, 0.5) is 10.1 Å². The maximum absolute atomic E-state index is 13.4. The van der Waals surface area contributed by atoms with Crippen molar-refractivity contribution in [2.75, 3.05) is 11.4 Å². The average Bonchev–Trinajstić information content (AvgIpc) is 2.63. The fourth-order valence-corrected chi connectivity index (χ4v) is 2.97. The third kappa shape index (κ3) is 3.65. The first kappa shape index (κ1) is 17.0. The van der Waals surface area contributed by atoms with Crippen LogP contribution >= 0.6 is 0 Å². The fraction of sp³-hybridized carbons (Fsp3) is 0.333. The molecule has 0 spiro atoms. The minimum Gasteiger partial charge on any atom is -0.340 e. The summed E-state index contributed by atoms with van der Waals surface area (Å²) in [7, 11) is 0. The molecule has 1 aromatic heterocycles. The Morgan fingerprint density at radius 2 is 2.28 bits per heavy atom. The first-order valence-corrected chi connectivity index (χ1v) is 8.27. The van der Waals surface area contributed by atoms with E-state index in [4.69, 9.17) is 0 Å². The van der Waals surface area contributed by atoms with Gasteiger partial charge in [0.1, 0.15) is 18.2 Å². The molecule has 6 nitrogen and oxygen atoms in total. The van der Waals surface area contributed by atoms with Crippen molar-refractivity contribution in [2.24, 2.45) is 0 Å². The number of aryl methyl sites for hydroxylation is 1. The van der Waals surface area contributed by atoms with Gasteiger partial charge in [-0.2, -0.15) is 0 Å².